The fraction of sp³-hybridized carbons (Fsp3) is 0.571. The molecule has 0 saturated carbocycles. The van der Waals surface area contributed by atoms with Gasteiger partial charge in [-0.15, -0.1) is 5.10 Å². The van der Waals surface area contributed by atoms with Gasteiger partial charge in [-0.3, -0.25) is 9.69 Å². The monoisotopic (exact) mass is 382 g/mol. The number of amides is 1. The average molecular weight is 383 g/mol. The van der Waals surface area contributed by atoms with Crippen LogP contribution in [0.2, 0.25) is 0 Å². The maximum Gasteiger partial charge on any atom is 0.276 e. The topological polar surface area (TPSA) is 66.3 Å². The van der Waals surface area contributed by atoms with E-state index in [0.717, 1.165) is 58.4 Å². The molecule has 7 nitrogen and oxygen atoms in total. The zero-order valence-electron chi connectivity index (χ0n) is 16.6. The highest BCUT2D eigenvalue weighted by Gasteiger charge is 2.28. The minimum Gasteiger partial charge on any atom is -0.336 e. The molecule has 7 heteroatoms. The molecule has 1 amide bonds. The minimum atomic E-state index is -0.0215. The van der Waals surface area contributed by atoms with E-state index in [1.165, 1.54) is 5.56 Å². The summed E-state index contributed by atoms with van der Waals surface area (Å²) < 4.78 is 1.88. The molecule has 1 atom stereocenters. The highest BCUT2D eigenvalue weighted by Crippen LogP contribution is 2.20. The normalized spacial score (nSPS) is 21.5. The van der Waals surface area contributed by atoms with Crippen LogP contribution in [0.15, 0.2) is 36.5 Å². The molecule has 3 heterocycles. The number of likely N-dealkylation sites (tertiary alicyclic amines) is 1. The van der Waals surface area contributed by atoms with Crippen molar-refractivity contribution < 1.29 is 4.79 Å². The molecule has 2 aliphatic heterocycles. The summed E-state index contributed by atoms with van der Waals surface area (Å²) in [7, 11) is 1.91. The first-order chi connectivity index (χ1) is 13.7. The SMILES string of the molecule is CN(C(=O)c1cn(C2CCNCC2)nn1)C1CCCN(Cc2ccccc2)C1. The van der Waals surface area contributed by atoms with E-state index in [0.29, 0.717) is 11.7 Å². The number of nitrogens with one attached hydrogen (secondary N) is 1. The second kappa shape index (κ2) is 8.84. The summed E-state index contributed by atoms with van der Waals surface area (Å²) in [6.07, 6.45) is 6.04. The molecule has 1 aromatic heterocycles. The van der Waals surface area contributed by atoms with Gasteiger partial charge in [0, 0.05) is 26.2 Å². The molecule has 1 N–H and O–H groups in total. The number of hydrogen-bond acceptors (Lipinski definition) is 5. The predicted molar refractivity (Wildman–Crippen MR) is 108 cm³/mol. The second-order valence-electron chi connectivity index (χ2n) is 8.00. The summed E-state index contributed by atoms with van der Waals surface area (Å²) in [4.78, 5) is 17.3. The summed E-state index contributed by atoms with van der Waals surface area (Å²) in [5, 5.41) is 11.8. The number of likely N-dealkylation sites (N-methyl/N-ethyl adjacent to an activating group) is 1. The van der Waals surface area contributed by atoms with Crippen molar-refractivity contribution in [2.75, 3.05) is 33.2 Å². The number of hydrogen-bond donors (Lipinski definition) is 1. The molecule has 0 aliphatic carbocycles. The van der Waals surface area contributed by atoms with Crippen molar-refractivity contribution in [2.45, 2.75) is 44.3 Å². The van der Waals surface area contributed by atoms with Crippen LogP contribution in [0.25, 0.3) is 0 Å². The van der Waals surface area contributed by atoms with Gasteiger partial charge in [-0.1, -0.05) is 35.5 Å². The van der Waals surface area contributed by atoms with Crippen LogP contribution in [0.5, 0.6) is 0 Å². The summed E-state index contributed by atoms with van der Waals surface area (Å²) in [5.74, 6) is -0.0215. The lowest BCUT2D eigenvalue weighted by Crippen LogP contribution is -2.48. The van der Waals surface area contributed by atoms with E-state index in [1.807, 2.05) is 28.9 Å². The molecule has 2 fully saturated rings. The maximum atomic E-state index is 13.0. The van der Waals surface area contributed by atoms with Crippen molar-refractivity contribution in [1.82, 2.24) is 30.1 Å². The Morgan fingerprint density at radius 3 is 2.79 bits per heavy atom. The van der Waals surface area contributed by atoms with Gasteiger partial charge in [0.2, 0.25) is 0 Å². The van der Waals surface area contributed by atoms with Crippen molar-refractivity contribution in [3.8, 4) is 0 Å². The lowest BCUT2D eigenvalue weighted by molar-refractivity contribution is 0.0603. The van der Waals surface area contributed by atoms with Crippen LogP contribution in [-0.2, 0) is 6.54 Å². The summed E-state index contributed by atoms with van der Waals surface area (Å²) in [6, 6.07) is 11.1. The molecule has 150 valence electrons. The Labute approximate surface area is 166 Å². The first-order valence-corrected chi connectivity index (χ1v) is 10.4. The Kier molecular flexibility index (Phi) is 6.02. The van der Waals surface area contributed by atoms with Gasteiger partial charge in [0.05, 0.1) is 12.2 Å². The van der Waals surface area contributed by atoms with Crippen LogP contribution >= 0.6 is 0 Å². The van der Waals surface area contributed by atoms with Crippen LogP contribution in [0.1, 0.15) is 47.8 Å². The molecule has 0 spiro atoms. The number of carbonyl (C=O) groups excluding carboxylic acids is 1. The number of carbonyl (C=O) groups is 1. The summed E-state index contributed by atoms with van der Waals surface area (Å²) in [5.41, 5.74) is 1.78. The van der Waals surface area contributed by atoms with E-state index in [-0.39, 0.29) is 11.9 Å². The van der Waals surface area contributed by atoms with Gasteiger partial charge in [-0.25, -0.2) is 4.68 Å². The van der Waals surface area contributed by atoms with Gasteiger partial charge in [0.1, 0.15) is 0 Å². The molecule has 2 saturated heterocycles. The number of nitrogens with zero attached hydrogens (tertiary/aromatic N) is 5. The molecule has 4 rings (SSSR count). The van der Waals surface area contributed by atoms with Crippen molar-refractivity contribution in [3.63, 3.8) is 0 Å². The van der Waals surface area contributed by atoms with Crippen molar-refractivity contribution >= 4 is 5.91 Å². The van der Waals surface area contributed by atoms with E-state index in [4.69, 9.17) is 0 Å². The molecule has 28 heavy (non-hydrogen) atoms. The predicted octanol–water partition coefficient (Wildman–Crippen LogP) is 1.94. The van der Waals surface area contributed by atoms with Gasteiger partial charge in [0.25, 0.3) is 5.91 Å². The zero-order chi connectivity index (χ0) is 19.3. The van der Waals surface area contributed by atoms with E-state index >= 15 is 0 Å². The Bertz CT molecular complexity index is 770. The van der Waals surface area contributed by atoms with E-state index in [9.17, 15) is 4.79 Å². The Balaban J connectivity index is 1.37. The summed E-state index contributed by atoms with van der Waals surface area (Å²) >= 11 is 0. The third kappa shape index (κ3) is 4.42. The third-order valence-electron chi connectivity index (χ3n) is 6.01. The Morgan fingerprint density at radius 1 is 1.21 bits per heavy atom. The second-order valence-corrected chi connectivity index (χ2v) is 8.00. The van der Waals surface area contributed by atoms with Crippen LogP contribution in [0.4, 0.5) is 0 Å². The fourth-order valence-electron chi connectivity index (χ4n) is 4.30. The lowest BCUT2D eigenvalue weighted by Gasteiger charge is -2.37. The highest BCUT2D eigenvalue weighted by molar-refractivity contribution is 5.92. The average Bonchev–Trinajstić information content (AvgIpc) is 3.24. The van der Waals surface area contributed by atoms with Crippen molar-refractivity contribution in [2.24, 2.45) is 0 Å². The van der Waals surface area contributed by atoms with Gasteiger partial charge in [-0.2, -0.15) is 0 Å². The maximum absolute atomic E-state index is 13.0. The first kappa shape index (κ1) is 19.1. The van der Waals surface area contributed by atoms with Crippen molar-refractivity contribution in [3.05, 3.63) is 47.8 Å². The summed E-state index contributed by atoms with van der Waals surface area (Å²) in [6.45, 7) is 4.91. The van der Waals surface area contributed by atoms with Gasteiger partial charge in [0.15, 0.2) is 5.69 Å². The van der Waals surface area contributed by atoms with Gasteiger partial charge in [-0.05, 0) is 50.9 Å². The standard InChI is InChI=1S/C21H30N6O/c1-25(19-8-5-13-26(15-19)14-17-6-3-2-4-7-17)21(28)20-16-27(24-23-20)18-9-11-22-12-10-18/h2-4,6-7,16,18-19,22H,5,8-15H2,1H3. The van der Waals surface area contributed by atoms with E-state index in [1.54, 1.807) is 0 Å². The lowest BCUT2D eigenvalue weighted by atomic mass is 10.0. The molecule has 0 bridgehead atoms. The number of piperidine rings is 2. The largest absolute Gasteiger partial charge is 0.336 e. The van der Waals surface area contributed by atoms with Gasteiger partial charge < -0.3 is 10.2 Å². The molecule has 1 unspecified atom stereocenters. The smallest absolute Gasteiger partial charge is 0.276 e. The van der Waals surface area contributed by atoms with Crippen LogP contribution in [0.3, 0.4) is 0 Å². The van der Waals surface area contributed by atoms with Crippen LogP contribution < -0.4 is 5.32 Å². The molecule has 2 aliphatic rings. The van der Waals surface area contributed by atoms with Gasteiger partial charge >= 0.3 is 0 Å². The zero-order valence-corrected chi connectivity index (χ0v) is 16.6. The van der Waals surface area contributed by atoms with Crippen LogP contribution in [-0.4, -0.2) is 70.0 Å². The molecule has 1 aromatic carbocycles. The molecular weight excluding hydrogens is 352 g/mol. The Morgan fingerprint density at radius 2 is 2.00 bits per heavy atom. The Hall–Kier alpha value is -2.25. The minimum absolute atomic E-state index is 0.0215. The van der Waals surface area contributed by atoms with Crippen molar-refractivity contribution in [1.29, 1.82) is 0 Å². The number of rotatable bonds is 5. The third-order valence-corrected chi connectivity index (χ3v) is 6.01. The quantitative estimate of drug-likeness (QED) is 0.856. The number of benzene rings is 1. The van der Waals surface area contributed by atoms with E-state index < -0.39 is 0 Å². The highest BCUT2D eigenvalue weighted by atomic mass is 16.2. The molecule has 2 aromatic rings. The molecule has 0 radical (unpaired) electrons. The first-order valence-electron chi connectivity index (χ1n) is 10.4. The number of aromatic nitrogens is 3. The molecular formula is C21H30N6O. The fourth-order valence-corrected chi connectivity index (χ4v) is 4.30. The van der Waals surface area contributed by atoms with Crippen LogP contribution in [0, 0.1) is 0 Å². The van der Waals surface area contributed by atoms with E-state index in [2.05, 4.69) is 44.8 Å².